The zero-order chi connectivity index (χ0) is 17.4. The zero-order valence-corrected chi connectivity index (χ0v) is 15.5. The Kier molecular flexibility index (Phi) is 7.20. The molecular formula is C17H15ClIN3O2. The Labute approximate surface area is 158 Å². The van der Waals surface area contributed by atoms with Crippen molar-refractivity contribution in [3.63, 3.8) is 0 Å². The SMILES string of the molecule is O=C(CCC(=O)Nc1ccc(I)cc1)N/N=C/c1ccccc1Cl. The van der Waals surface area contributed by atoms with Crippen LogP contribution in [0, 0.1) is 3.57 Å². The molecule has 24 heavy (non-hydrogen) atoms. The zero-order valence-electron chi connectivity index (χ0n) is 12.6. The summed E-state index contributed by atoms with van der Waals surface area (Å²) < 4.78 is 1.08. The van der Waals surface area contributed by atoms with Crippen molar-refractivity contribution in [3.05, 3.63) is 62.7 Å². The first-order valence-electron chi connectivity index (χ1n) is 7.16. The summed E-state index contributed by atoms with van der Waals surface area (Å²) in [5.74, 6) is -0.558. The highest BCUT2D eigenvalue weighted by atomic mass is 127. The van der Waals surface area contributed by atoms with E-state index in [4.69, 9.17) is 11.6 Å². The minimum atomic E-state index is -0.337. The maximum Gasteiger partial charge on any atom is 0.240 e. The fourth-order valence-electron chi connectivity index (χ4n) is 1.79. The largest absolute Gasteiger partial charge is 0.326 e. The molecule has 2 amide bonds. The molecule has 0 aromatic heterocycles. The van der Waals surface area contributed by atoms with Crippen LogP contribution in [0.1, 0.15) is 18.4 Å². The van der Waals surface area contributed by atoms with Crippen molar-refractivity contribution in [3.8, 4) is 0 Å². The number of nitrogens with zero attached hydrogens (tertiary/aromatic N) is 1. The molecule has 2 rings (SSSR count). The topological polar surface area (TPSA) is 70.6 Å². The molecule has 0 spiro atoms. The van der Waals surface area contributed by atoms with Crippen LogP contribution in [0.2, 0.25) is 5.02 Å². The van der Waals surface area contributed by atoms with Crippen LogP contribution in [-0.2, 0) is 9.59 Å². The predicted octanol–water partition coefficient (Wildman–Crippen LogP) is 3.81. The lowest BCUT2D eigenvalue weighted by atomic mass is 10.2. The number of benzene rings is 2. The van der Waals surface area contributed by atoms with Crippen LogP contribution >= 0.6 is 34.2 Å². The van der Waals surface area contributed by atoms with Crippen molar-refractivity contribution in [2.75, 3.05) is 5.32 Å². The monoisotopic (exact) mass is 455 g/mol. The van der Waals surface area contributed by atoms with E-state index in [1.165, 1.54) is 6.21 Å². The normalized spacial score (nSPS) is 10.6. The van der Waals surface area contributed by atoms with Crippen LogP contribution in [0.4, 0.5) is 5.69 Å². The van der Waals surface area contributed by atoms with Crippen molar-refractivity contribution < 1.29 is 9.59 Å². The van der Waals surface area contributed by atoms with E-state index in [0.29, 0.717) is 16.3 Å². The number of halogens is 2. The van der Waals surface area contributed by atoms with Crippen molar-refractivity contribution in [2.45, 2.75) is 12.8 Å². The van der Waals surface area contributed by atoms with Gasteiger partial charge in [-0.2, -0.15) is 5.10 Å². The molecule has 0 aliphatic carbocycles. The molecule has 0 unspecified atom stereocenters. The Morgan fingerprint density at radius 1 is 1.04 bits per heavy atom. The van der Waals surface area contributed by atoms with Crippen LogP contribution in [-0.4, -0.2) is 18.0 Å². The summed E-state index contributed by atoms with van der Waals surface area (Å²) in [4.78, 5) is 23.5. The number of anilines is 1. The van der Waals surface area contributed by atoms with Crippen LogP contribution in [0.5, 0.6) is 0 Å². The maximum absolute atomic E-state index is 11.8. The van der Waals surface area contributed by atoms with Gasteiger partial charge >= 0.3 is 0 Å². The third kappa shape index (κ3) is 6.29. The van der Waals surface area contributed by atoms with E-state index in [2.05, 4.69) is 38.4 Å². The van der Waals surface area contributed by atoms with Crippen LogP contribution < -0.4 is 10.7 Å². The Bertz CT molecular complexity index is 748. The molecule has 0 aliphatic heterocycles. The van der Waals surface area contributed by atoms with Crippen molar-refractivity contribution >= 4 is 57.9 Å². The molecule has 5 nitrogen and oxygen atoms in total. The highest BCUT2D eigenvalue weighted by Crippen LogP contribution is 2.12. The average Bonchev–Trinajstić information content (AvgIpc) is 2.57. The third-order valence-electron chi connectivity index (χ3n) is 3.01. The van der Waals surface area contributed by atoms with Gasteiger partial charge in [-0.3, -0.25) is 9.59 Å². The summed E-state index contributed by atoms with van der Waals surface area (Å²) in [7, 11) is 0. The van der Waals surface area contributed by atoms with E-state index in [9.17, 15) is 9.59 Å². The number of amides is 2. The fraction of sp³-hybridized carbons (Fsp3) is 0.118. The quantitative estimate of drug-likeness (QED) is 0.395. The van der Waals surface area contributed by atoms with Gasteiger partial charge in [-0.1, -0.05) is 29.8 Å². The van der Waals surface area contributed by atoms with Gasteiger partial charge in [-0.05, 0) is 52.9 Å². The smallest absolute Gasteiger partial charge is 0.240 e. The maximum atomic E-state index is 11.8. The first-order valence-corrected chi connectivity index (χ1v) is 8.62. The van der Waals surface area contributed by atoms with Crippen LogP contribution in [0.15, 0.2) is 53.6 Å². The highest BCUT2D eigenvalue weighted by Gasteiger charge is 2.06. The summed E-state index contributed by atoms with van der Waals surface area (Å²) in [6.45, 7) is 0. The van der Waals surface area contributed by atoms with E-state index in [-0.39, 0.29) is 24.7 Å². The van der Waals surface area contributed by atoms with Crippen molar-refractivity contribution in [2.24, 2.45) is 5.10 Å². The minimum Gasteiger partial charge on any atom is -0.326 e. The second kappa shape index (κ2) is 9.39. The summed E-state index contributed by atoms with van der Waals surface area (Å²) in [5, 5.41) is 7.12. The number of carbonyl (C=O) groups is 2. The average molecular weight is 456 g/mol. The van der Waals surface area contributed by atoms with Gasteiger partial charge in [0.05, 0.1) is 6.21 Å². The first kappa shape index (κ1) is 18.4. The molecule has 0 aliphatic rings. The highest BCUT2D eigenvalue weighted by molar-refractivity contribution is 14.1. The second-order valence-electron chi connectivity index (χ2n) is 4.87. The number of nitrogens with one attached hydrogen (secondary N) is 2. The van der Waals surface area contributed by atoms with Crippen molar-refractivity contribution in [1.82, 2.24) is 5.43 Å². The van der Waals surface area contributed by atoms with E-state index in [1.54, 1.807) is 12.1 Å². The molecule has 0 saturated heterocycles. The molecule has 0 fully saturated rings. The minimum absolute atomic E-state index is 0.0516. The Morgan fingerprint density at radius 3 is 2.42 bits per heavy atom. The Hall–Kier alpha value is -1.93. The van der Waals surface area contributed by atoms with Gasteiger partial charge in [-0.25, -0.2) is 5.43 Å². The molecule has 0 bridgehead atoms. The number of hydrogen-bond donors (Lipinski definition) is 2. The van der Waals surface area contributed by atoms with Gasteiger partial charge in [0, 0.05) is 32.7 Å². The number of rotatable bonds is 6. The molecule has 2 aromatic carbocycles. The van der Waals surface area contributed by atoms with E-state index >= 15 is 0 Å². The fourth-order valence-corrected chi connectivity index (χ4v) is 2.34. The van der Waals surface area contributed by atoms with E-state index in [1.807, 2.05) is 36.4 Å². The van der Waals surface area contributed by atoms with Gasteiger partial charge in [-0.15, -0.1) is 0 Å². The Morgan fingerprint density at radius 2 is 1.71 bits per heavy atom. The summed E-state index contributed by atoms with van der Waals surface area (Å²) in [5.41, 5.74) is 3.79. The number of carbonyl (C=O) groups excluding carboxylic acids is 2. The summed E-state index contributed by atoms with van der Waals surface area (Å²) in [6, 6.07) is 14.6. The lowest BCUT2D eigenvalue weighted by Crippen LogP contribution is -2.20. The second-order valence-corrected chi connectivity index (χ2v) is 6.52. The number of hydrazone groups is 1. The van der Waals surface area contributed by atoms with E-state index in [0.717, 1.165) is 3.57 Å². The summed E-state index contributed by atoms with van der Waals surface area (Å²) >= 11 is 8.16. The van der Waals surface area contributed by atoms with E-state index < -0.39 is 0 Å². The first-order chi connectivity index (χ1) is 11.5. The number of hydrogen-bond acceptors (Lipinski definition) is 3. The Balaban J connectivity index is 1.73. The van der Waals surface area contributed by atoms with Gasteiger partial charge in [0.15, 0.2) is 0 Å². The molecule has 124 valence electrons. The molecule has 7 heteroatoms. The van der Waals surface area contributed by atoms with Gasteiger partial charge in [0.25, 0.3) is 0 Å². The lowest BCUT2D eigenvalue weighted by molar-refractivity contribution is -0.124. The molecule has 0 radical (unpaired) electrons. The van der Waals surface area contributed by atoms with Crippen molar-refractivity contribution in [1.29, 1.82) is 0 Å². The molecule has 2 aromatic rings. The van der Waals surface area contributed by atoms with Gasteiger partial charge < -0.3 is 5.32 Å². The lowest BCUT2D eigenvalue weighted by Gasteiger charge is -2.05. The molecule has 0 atom stereocenters. The summed E-state index contributed by atoms with van der Waals surface area (Å²) in [6.07, 6.45) is 1.60. The van der Waals surface area contributed by atoms with Gasteiger partial charge in [0.2, 0.25) is 11.8 Å². The van der Waals surface area contributed by atoms with Crippen LogP contribution in [0.3, 0.4) is 0 Å². The third-order valence-corrected chi connectivity index (χ3v) is 4.07. The predicted molar refractivity (Wildman–Crippen MR) is 104 cm³/mol. The van der Waals surface area contributed by atoms with Gasteiger partial charge in [0.1, 0.15) is 0 Å². The molecule has 0 heterocycles. The standard InChI is InChI=1S/C17H15ClIN3O2/c18-15-4-2-1-3-12(15)11-20-22-17(24)10-9-16(23)21-14-7-5-13(19)6-8-14/h1-8,11H,9-10H2,(H,21,23)(H,22,24)/b20-11+. The molecular weight excluding hydrogens is 441 g/mol. The molecule has 0 saturated carbocycles. The van der Waals surface area contributed by atoms with Crippen LogP contribution in [0.25, 0.3) is 0 Å². The molecule has 2 N–H and O–H groups in total.